The van der Waals surface area contributed by atoms with Gasteiger partial charge in [-0.25, -0.2) is 0 Å². The van der Waals surface area contributed by atoms with Crippen molar-refractivity contribution in [1.82, 2.24) is 5.32 Å². The van der Waals surface area contributed by atoms with Crippen LogP contribution in [0.3, 0.4) is 0 Å². The highest BCUT2D eigenvalue weighted by Crippen LogP contribution is 2.24. The molecular formula is C23H28ClNO3. The van der Waals surface area contributed by atoms with E-state index in [9.17, 15) is 4.79 Å². The molecule has 0 bridgehead atoms. The second-order valence-electron chi connectivity index (χ2n) is 6.58. The van der Waals surface area contributed by atoms with Gasteiger partial charge >= 0.3 is 5.97 Å². The van der Waals surface area contributed by atoms with E-state index in [-0.39, 0.29) is 6.42 Å². The van der Waals surface area contributed by atoms with Gasteiger partial charge in [0.15, 0.2) is 0 Å². The number of rotatable bonds is 13. The van der Waals surface area contributed by atoms with Gasteiger partial charge in [-0.15, -0.1) is 0 Å². The minimum Gasteiger partial charge on any atom is -0.494 e. The number of aryl methyl sites for hydroxylation is 1. The number of hydrogen-bond acceptors (Lipinski definition) is 3. The molecule has 0 radical (unpaired) electrons. The van der Waals surface area contributed by atoms with Crippen LogP contribution in [0.5, 0.6) is 5.75 Å². The van der Waals surface area contributed by atoms with Crippen molar-refractivity contribution >= 4 is 23.6 Å². The molecule has 0 aliphatic carbocycles. The summed E-state index contributed by atoms with van der Waals surface area (Å²) < 4.78 is 5.80. The summed E-state index contributed by atoms with van der Waals surface area (Å²) in [6.07, 6.45) is 8.40. The minimum atomic E-state index is -0.800. The Morgan fingerprint density at radius 1 is 1.11 bits per heavy atom. The molecule has 0 saturated heterocycles. The molecule has 4 nitrogen and oxygen atoms in total. The van der Waals surface area contributed by atoms with Gasteiger partial charge in [-0.3, -0.25) is 4.79 Å². The average molecular weight is 402 g/mol. The van der Waals surface area contributed by atoms with Crippen molar-refractivity contribution < 1.29 is 14.6 Å². The first-order chi connectivity index (χ1) is 13.6. The maximum Gasteiger partial charge on any atom is 0.304 e. The molecule has 28 heavy (non-hydrogen) atoms. The molecule has 150 valence electrons. The fourth-order valence-corrected chi connectivity index (χ4v) is 2.98. The zero-order valence-electron chi connectivity index (χ0n) is 16.1. The Kier molecular flexibility index (Phi) is 10.2. The normalized spacial score (nSPS) is 11.0. The van der Waals surface area contributed by atoms with Crippen LogP contribution >= 0.6 is 11.6 Å². The Morgan fingerprint density at radius 3 is 2.68 bits per heavy atom. The van der Waals surface area contributed by atoms with E-state index < -0.39 is 5.97 Å². The molecule has 0 spiro atoms. The summed E-state index contributed by atoms with van der Waals surface area (Å²) in [4.78, 5) is 10.4. The Morgan fingerprint density at radius 2 is 1.93 bits per heavy atom. The minimum absolute atomic E-state index is 0.118. The maximum absolute atomic E-state index is 10.4. The second-order valence-corrected chi connectivity index (χ2v) is 6.99. The van der Waals surface area contributed by atoms with Gasteiger partial charge in [-0.2, -0.15) is 0 Å². The fourth-order valence-electron chi connectivity index (χ4n) is 2.74. The summed E-state index contributed by atoms with van der Waals surface area (Å²) in [7, 11) is 0. The second kappa shape index (κ2) is 13.0. The van der Waals surface area contributed by atoms with Gasteiger partial charge < -0.3 is 15.2 Å². The molecule has 2 rings (SSSR count). The van der Waals surface area contributed by atoms with Crippen molar-refractivity contribution in [2.75, 3.05) is 19.7 Å². The number of carbonyl (C=O) groups is 1. The number of unbranched alkanes of at least 4 members (excludes halogenated alkanes) is 2. The van der Waals surface area contributed by atoms with Crippen LogP contribution in [-0.4, -0.2) is 30.8 Å². The lowest BCUT2D eigenvalue weighted by molar-refractivity contribution is -0.136. The SMILES string of the molecule is O=C(O)CCNC/C=C/c1ccc(OCCCCCc2ccccc2)cc1Cl. The van der Waals surface area contributed by atoms with Gasteiger partial charge in [-0.05, 0) is 55.0 Å². The fraction of sp³-hybridized carbons (Fsp3) is 0.348. The van der Waals surface area contributed by atoms with E-state index in [1.807, 2.05) is 36.4 Å². The molecular weight excluding hydrogens is 374 g/mol. The predicted octanol–water partition coefficient (Wildman–Crippen LogP) is 5.21. The van der Waals surface area contributed by atoms with E-state index in [0.717, 1.165) is 30.6 Å². The number of carboxylic acids is 1. The van der Waals surface area contributed by atoms with Gasteiger partial charge in [0, 0.05) is 13.1 Å². The van der Waals surface area contributed by atoms with E-state index in [2.05, 4.69) is 29.6 Å². The van der Waals surface area contributed by atoms with E-state index >= 15 is 0 Å². The molecule has 0 amide bonds. The summed E-state index contributed by atoms with van der Waals surface area (Å²) in [6.45, 7) is 1.74. The Labute approximate surface area is 172 Å². The van der Waals surface area contributed by atoms with Crippen molar-refractivity contribution in [3.63, 3.8) is 0 Å². The summed E-state index contributed by atoms with van der Waals surface area (Å²) in [5, 5.41) is 12.3. The van der Waals surface area contributed by atoms with E-state index in [1.165, 1.54) is 12.0 Å². The molecule has 0 atom stereocenters. The lowest BCUT2D eigenvalue weighted by Gasteiger charge is -2.08. The Hall–Kier alpha value is -2.30. The van der Waals surface area contributed by atoms with Crippen LogP contribution in [0.2, 0.25) is 5.02 Å². The van der Waals surface area contributed by atoms with Crippen molar-refractivity contribution in [2.24, 2.45) is 0 Å². The van der Waals surface area contributed by atoms with Crippen molar-refractivity contribution in [3.8, 4) is 5.75 Å². The maximum atomic E-state index is 10.4. The number of aliphatic carboxylic acids is 1. The molecule has 0 fully saturated rings. The molecule has 0 aliphatic rings. The molecule has 5 heteroatoms. The molecule has 2 aromatic rings. The van der Waals surface area contributed by atoms with Gasteiger partial charge in [0.05, 0.1) is 18.1 Å². The summed E-state index contributed by atoms with van der Waals surface area (Å²) in [6, 6.07) is 16.2. The lowest BCUT2D eigenvalue weighted by Crippen LogP contribution is -2.17. The van der Waals surface area contributed by atoms with Crippen LogP contribution in [0, 0.1) is 0 Å². The summed E-state index contributed by atoms with van der Waals surface area (Å²) >= 11 is 6.31. The third-order valence-corrected chi connectivity index (χ3v) is 4.60. The highest BCUT2D eigenvalue weighted by atomic mass is 35.5. The van der Waals surface area contributed by atoms with Crippen molar-refractivity contribution in [2.45, 2.75) is 32.1 Å². The Bertz CT molecular complexity index is 747. The summed E-state index contributed by atoms with van der Waals surface area (Å²) in [5.74, 6) is -0.0175. The van der Waals surface area contributed by atoms with Crippen LogP contribution in [0.4, 0.5) is 0 Å². The first-order valence-corrected chi connectivity index (χ1v) is 10.1. The van der Waals surface area contributed by atoms with Crippen LogP contribution < -0.4 is 10.1 Å². The highest BCUT2D eigenvalue weighted by Gasteiger charge is 2.01. The quantitative estimate of drug-likeness (QED) is 0.452. The van der Waals surface area contributed by atoms with Crippen molar-refractivity contribution in [3.05, 3.63) is 70.8 Å². The van der Waals surface area contributed by atoms with Gasteiger partial charge in [0.1, 0.15) is 5.75 Å². The van der Waals surface area contributed by atoms with Crippen LogP contribution in [-0.2, 0) is 11.2 Å². The number of benzene rings is 2. The molecule has 0 aromatic heterocycles. The topological polar surface area (TPSA) is 58.6 Å². The summed E-state index contributed by atoms with van der Waals surface area (Å²) in [5.41, 5.74) is 2.30. The van der Waals surface area contributed by atoms with Crippen LogP contribution in [0.1, 0.15) is 36.8 Å². The van der Waals surface area contributed by atoms with Crippen LogP contribution in [0.25, 0.3) is 6.08 Å². The van der Waals surface area contributed by atoms with Gasteiger partial charge in [-0.1, -0.05) is 54.1 Å². The zero-order valence-corrected chi connectivity index (χ0v) is 16.8. The van der Waals surface area contributed by atoms with Crippen LogP contribution in [0.15, 0.2) is 54.6 Å². The molecule has 0 saturated carbocycles. The molecule has 2 N–H and O–H groups in total. The number of halogens is 1. The largest absolute Gasteiger partial charge is 0.494 e. The molecule has 0 heterocycles. The average Bonchev–Trinajstić information content (AvgIpc) is 2.69. The lowest BCUT2D eigenvalue weighted by atomic mass is 10.1. The number of carboxylic acid groups (broad SMARTS) is 1. The molecule has 0 aliphatic heterocycles. The molecule has 0 unspecified atom stereocenters. The predicted molar refractivity (Wildman–Crippen MR) is 115 cm³/mol. The third kappa shape index (κ3) is 9.07. The third-order valence-electron chi connectivity index (χ3n) is 4.27. The monoisotopic (exact) mass is 401 g/mol. The zero-order chi connectivity index (χ0) is 20.0. The first kappa shape index (κ1) is 22.0. The Balaban J connectivity index is 1.62. The van der Waals surface area contributed by atoms with E-state index in [1.54, 1.807) is 0 Å². The highest BCUT2D eigenvalue weighted by molar-refractivity contribution is 6.32. The number of hydrogen-bond donors (Lipinski definition) is 2. The molecule has 2 aromatic carbocycles. The van der Waals surface area contributed by atoms with Gasteiger partial charge in [0.2, 0.25) is 0 Å². The number of ether oxygens (including phenoxy) is 1. The standard InChI is InChI=1S/C23H28ClNO3/c24-22-18-21(13-12-20(22)11-7-15-25-16-14-23(26)27)28-17-6-2-5-10-19-8-3-1-4-9-19/h1,3-4,7-9,11-13,18,25H,2,5-6,10,14-17H2,(H,26,27)/b11-7+. The van der Waals surface area contributed by atoms with E-state index in [4.69, 9.17) is 21.4 Å². The first-order valence-electron chi connectivity index (χ1n) is 9.70. The number of nitrogens with one attached hydrogen (secondary N) is 1. The van der Waals surface area contributed by atoms with E-state index in [0.29, 0.717) is 24.7 Å². The van der Waals surface area contributed by atoms with Gasteiger partial charge in [0.25, 0.3) is 0 Å². The smallest absolute Gasteiger partial charge is 0.304 e. The van der Waals surface area contributed by atoms with Crippen molar-refractivity contribution in [1.29, 1.82) is 0 Å².